The number of aromatic amines is 1. The largest absolute Gasteiger partial charge is 0.433 e. The van der Waals surface area contributed by atoms with Crippen molar-refractivity contribution in [2.75, 3.05) is 25.5 Å². The lowest BCUT2D eigenvalue weighted by Gasteiger charge is -2.17. The van der Waals surface area contributed by atoms with Crippen LogP contribution in [0.3, 0.4) is 0 Å². The van der Waals surface area contributed by atoms with Crippen molar-refractivity contribution in [2.24, 2.45) is 0 Å². The lowest BCUT2D eigenvalue weighted by Crippen LogP contribution is -2.24. The number of fused-ring (bicyclic) bond motifs is 1. The fourth-order valence-corrected chi connectivity index (χ4v) is 2.63. The van der Waals surface area contributed by atoms with Crippen LogP contribution >= 0.6 is 12.4 Å². The normalized spacial score (nSPS) is 15.8. The molecule has 1 aromatic heterocycles. The van der Waals surface area contributed by atoms with Gasteiger partial charge in [0.05, 0.1) is 5.69 Å². The third-order valence-corrected chi connectivity index (χ3v) is 3.82. The van der Waals surface area contributed by atoms with Gasteiger partial charge in [0.25, 0.3) is 0 Å². The second-order valence-electron chi connectivity index (χ2n) is 5.68. The first-order valence-corrected chi connectivity index (χ1v) is 7.20. The highest BCUT2D eigenvalue weighted by Gasteiger charge is 2.38. The van der Waals surface area contributed by atoms with Gasteiger partial charge in [0.2, 0.25) is 0 Å². The van der Waals surface area contributed by atoms with Crippen LogP contribution in [0.25, 0.3) is 11.6 Å². The van der Waals surface area contributed by atoms with Gasteiger partial charge in [0.1, 0.15) is 5.69 Å². The van der Waals surface area contributed by atoms with Crippen LogP contribution in [0.5, 0.6) is 0 Å². The minimum atomic E-state index is -4.42. The van der Waals surface area contributed by atoms with E-state index in [4.69, 9.17) is 0 Å². The van der Waals surface area contributed by atoms with E-state index in [1.807, 2.05) is 49.3 Å². The Labute approximate surface area is 144 Å². The maximum atomic E-state index is 13.0. The van der Waals surface area contributed by atoms with Crippen molar-refractivity contribution < 1.29 is 13.2 Å². The quantitative estimate of drug-likeness (QED) is 0.862. The van der Waals surface area contributed by atoms with Crippen molar-refractivity contribution in [1.82, 2.24) is 15.5 Å². The average Bonchev–Trinajstić information content (AvgIpc) is 2.93. The van der Waals surface area contributed by atoms with Crippen LogP contribution in [0, 0.1) is 0 Å². The van der Waals surface area contributed by atoms with E-state index in [9.17, 15) is 13.2 Å². The first-order chi connectivity index (χ1) is 10.9. The Morgan fingerprint density at radius 2 is 1.79 bits per heavy atom. The molecule has 0 amide bonds. The molecule has 3 rings (SSSR count). The molecule has 130 valence electrons. The fraction of sp³-hybridized carbons (Fsp3) is 0.312. The molecule has 2 aromatic rings. The van der Waals surface area contributed by atoms with Crippen LogP contribution in [0.15, 0.2) is 24.3 Å². The Balaban J connectivity index is 0.00000208. The van der Waals surface area contributed by atoms with Gasteiger partial charge >= 0.3 is 6.18 Å². The summed E-state index contributed by atoms with van der Waals surface area (Å²) in [7, 11) is 3.90. The number of aromatic nitrogens is 2. The van der Waals surface area contributed by atoms with Crippen molar-refractivity contribution in [2.45, 2.75) is 12.7 Å². The molecule has 0 spiro atoms. The zero-order chi connectivity index (χ0) is 16.6. The highest BCUT2D eigenvalue weighted by Crippen LogP contribution is 2.35. The average molecular weight is 359 g/mol. The van der Waals surface area contributed by atoms with E-state index >= 15 is 0 Å². The molecule has 0 atom stereocenters. The number of benzene rings is 1. The van der Waals surface area contributed by atoms with Crippen molar-refractivity contribution in [1.29, 1.82) is 0 Å². The first kappa shape index (κ1) is 18.4. The summed E-state index contributed by atoms with van der Waals surface area (Å²) < 4.78 is 38.9. The molecule has 8 heteroatoms. The standard InChI is InChI=1S/C16H17F3N4.ClH/c1-23(2)12-5-3-10(4-6-12)7-11-8-20-9-13-14(11)21-22-15(13)16(17,18)19;/h3-7,20H,8-9H2,1-2H3,(H,21,22);1H. The number of nitrogens with zero attached hydrogens (tertiary/aromatic N) is 2. The van der Waals surface area contributed by atoms with Gasteiger partial charge in [-0.1, -0.05) is 12.1 Å². The summed E-state index contributed by atoms with van der Waals surface area (Å²) in [6.45, 7) is 0.655. The molecule has 0 unspecified atom stereocenters. The lowest BCUT2D eigenvalue weighted by atomic mass is 9.99. The predicted octanol–water partition coefficient (Wildman–Crippen LogP) is 3.56. The summed E-state index contributed by atoms with van der Waals surface area (Å²) in [5.74, 6) is 0. The predicted molar refractivity (Wildman–Crippen MR) is 91.2 cm³/mol. The number of rotatable bonds is 2. The SMILES string of the molecule is CN(C)c1ccc(C=C2CNCc3c2n[nH]c3C(F)(F)F)cc1.Cl. The second kappa shape index (κ2) is 6.86. The molecule has 0 fully saturated rings. The topological polar surface area (TPSA) is 44.0 Å². The summed E-state index contributed by atoms with van der Waals surface area (Å²) in [5, 5.41) is 9.02. The van der Waals surface area contributed by atoms with Crippen LogP contribution in [-0.2, 0) is 12.7 Å². The number of hydrogen-bond donors (Lipinski definition) is 2. The molecule has 0 aliphatic carbocycles. The molecule has 4 nitrogen and oxygen atoms in total. The van der Waals surface area contributed by atoms with Crippen molar-refractivity contribution >= 4 is 29.7 Å². The number of H-pyrrole nitrogens is 1. The van der Waals surface area contributed by atoms with Gasteiger partial charge < -0.3 is 10.2 Å². The molecule has 2 N–H and O–H groups in total. The van der Waals surface area contributed by atoms with Crippen LogP contribution in [0.4, 0.5) is 18.9 Å². The summed E-state index contributed by atoms with van der Waals surface area (Å²) in [5.41, 5.74) is 2.54. The maximum absolute atomic E-state index is 13.0. The van der Waals surface area contributed by atoms with E-state index in [0.29, 0.717) is 12.2 Å². The van der Waals surface area contributed by atoms with Gasteiger partial charge in [-0.2, -0.15) is 18.3 Å². The van der Waals surface area contributed by atoms with Gasteiger partial charge in [-0.15, -0.1) is 12.4 Å². The van der Waals surface area contributed by atoms with Crippen LogP contribution in [0.2, 0.25) is 0 Å². The smallest absolute Gasteiger partial charge is 0.378 e. The highest BCUT2D eigenvalue weighted by molar-refractivity contribution is 5.85. The van der Waals surface area contributed by atoms with Crippen molar-refractivity contribution in [3.05, 3.63) is 46.8 Å². The van der Waals surface area contributed by atoms with E-state index in [1.54, 1.807) is 0 Å². The Morgan fingerprint density at radius 1 is 1.12 bits per heavy atom. The molecule has 2 heterocycles. The fourth-order valence-electron chi connectivity index (χ4n) is 2.63. The molecular weight excluding hydrogens is 341 g/mol. The zero-order valence-corrected chi connectivity index (χ0v) is 14.1. The highest BCUT2D eigenvalue weighted by atomic mass is 35.5. The van der Waals surface area contributed by atoms with E-state index < -0.39 is 11.9 Å². The Bertz CT molecular complexity index is 733. The maximum Gasteiger partial charge on any atom is 0.433 e. The summed E-state index contributed by atoms with van der Waals surface area (Å²) >= 11 is 0. The molecule has 1 aromatic carbocycles. The first-order valence-electron chi connectivity index (χ1n) is 7.20. The number of anilines is 1. The van der Waals surface area contributed by atoms with Gasteiger partial charge in [0.15, 0.2) is 0 Å². The lowest BCUT2D eigenvalue weighted by molar-refractivity contribution is -0.141. The zero-order valence-electron chi connectivity index (χ0n) is 13.2. The molecule has 1 aliphatic heterocycles. The Kier molecular flexibility index (Phi) is 5.25. The number of hydrogen-bond acceptors (Lipinski definition) is 3. The van der Waals surface area contributed by atoms with Gasteiger partial charge in [-0.3, -0.25) is 5.10 Å². The van der Waals surface area contributed by atoms with E-state index in [2.05, 4.69) is 15.5 Å². The number of halogens is 4. The summed E-state index contributed by atoms with van der Waals surface area (Å²) in [4.78, 5) is 1.99. The second-order valence-corrected chi connectivity index (χ2v) is 5.68. The third-order valence-electron chi connectivity index (χ3n) is 3.82. The molecule has 0 bridgehead atoms. The number of alkyl halides is 3. The van der Waals surface area contributed by atoms with Crippen molar-refractivity contribution in [3.63, 3.8) is 0 Å². The van der Waals surface area contributed by atoms with E-state index in [1.165, 1.54) is 0 Å². The summed E-state index contributed by atoms with van der Waals surface area (Å²) in [6.07, 6.45) is -2.55. The third kappa shape index (κ3) is 3.57. The molecule has 0 saturated carbocycles. The van der Waals surface area contributed by atoms with Crippen molar-refractivity contribution in [3.8, 4) is 0 Å². The van der Waals surface area contributed by atoms with Crippen LogP contribution in [0.1, 0.15) is 22.5 Å². The minimum Gasteiger partial charge on any atom is -0.378 e. The molecule has 1 aliphatic rings. The Morgan fingerprint density at radius 3 is 2.38 bits per heavy atom. The Hall–Kier alpha value is -1.99. The van der Waals surface area contributed by atoms with Gasteiger partial charge in [-0.05, 0) is 29.3 Å². The van der Waals surface area contributed by atoms with E-state index in [0.717, 1.165) is 16.8 Å². The number of nitrogens with one attached hydrogen (secondary N) is 2. The molecule has 0 radical (unpaired) electrons. The molecule has 24 heavy (non-hydrogen) atoms. The van der Waals surface area contributed by atoms with E-state index in [-0.39, 0.29) is 24.5 Å². The van der Waals surface area contributed by atoms with Crippen LogP contribution in [-0.4, -0.2) is 30.8 Å². The monoisotopic (exact) mass is 358 g/mol. The molecular formula is C16H18ClF3N4. The minimum absolute atomic E-state index is 0. The summed E-state index contributed by atoms with van der Waals surface area (Å²) in [6, 6.07) is 7.81. The van der Waals surface area contributed by atoms with Crippen LogP contribution < -0.4 is 10.2 Å². The molecule has 0 saturated heterocycles. The van der Waals surface area contributed by atoms with Gasteiger partial charge in [-0.25, -0.2) is 0 Å². The van der Waals surface area contributed by atoms with Gasteiger partial charge in [0, 0.05) is 38.4 Å².